The first-order valence-corrected chi connectivity index (χ1v) is 8.82. The Hall–Kier alpha value is -1.62. The molecule has 0 amide bonds. The Balaban J connectivity index is 1.75. The van der Waals surface area contributed by atoms with E-state index in [2.05, 4.69) is 24.8 Å². The second-order valence-electron chi connectivity index (χ2n) is 6.53. The summed E-state index contributed by atoms with van der Waals surface area (Å²) >= 11 is 0. The average Bonchev–Trinajstić information content (AvgIpc) is 2.56. The van der Waals surface area contributed by atoms with Gasteiger partial charge in [0.15, 0.2) is 11.6 Å². The van der Waals surface area contributed by atoms with Crippen molar-refractivity contribution in [2.75, 3.05) is 0 Å². The van der Waals surface area contributed by atoms with Crippen LogP contribution in [0.15, 0.2) is 30.4 Å². The van der Waals surface area contributed by atoms with Crippen LogP contribution in [-0.4, -0.2) is 0 Å². The van der Waals surface area contributed by atoms with Crippen LogP contribution in [-0.2, 0) is 0 Å². The number of hydrogen-bond acceptors (Lipinski definition) is 0. The third-order valence-electron chi connectivity index (χ3n) is 4.70. The molecule has 1 fully saturated rings. The van der Waals surface area contributed by atoms with E-state index in [1.807, 2.05) is 6.08 Å². The van der Waals surface area contributed by atoms with Gasteiger partial charge in [0.1, 0.15) is 0 Å². The van der Waals surface area contributed by atoms with E-state index in [0.717, 1.165) is 18.1 Å². The van der Waals surface area contributed by atoms with Crippen LogP contribution in [0.1, 0.15) is 63.9 Å². The molecule has 23 heavy (non-hydrogen) atoms. The summed E-state index contributed by atoms with van der Waals surface area (Å²) in [6.07, 6.45) is 14.6. The number of halogens is 2. The van der Waals surface area contributed by atoms with Gasteiger partial charge in [0.25, 0.3) is 0 Å². The van der Waals surface area contributed by atoms with Crippen molar-refractivity contribution in [3.63, 3.8) is 0 Å². The molecule has 2 rings (SSSR count). The summed E-state index contributed by atoms with van der Waals surface area (Å²) in [5, 5.41) is 0. The van der Waals surface area contributed by atoms with Crippen molar-refractivity contribution in [2.45, 2.75) is 58.3 Å². The molecule has 0 atom stereocenters. The minimum Gasteiger partial charge on any atom is -0.204 e. The number of unbranched alkanes of at least 4 members (excludes halogenated alkanes) is 2. The van der Waals surface area contributed by atoms with E-state index in [0.29, 0.717) is 11.5 Å². The molecule has 0 aromatic heterocycles. The minimum absolute atomic E-state index is 0.508. The monoisotopic (exact) mass is 316 g/mol. The fraction of sp³-hybridized carbons (Fsp3) is 0.524. The quantitative estimate of drug-likeness (QED) is 0.444. The van der Waals surface area contributed by atoms with Gasteiger partial charge in [-0.3, -0.25) is 0 Å². The summed E-state index contributed by atoms with van der Waals surface area (Å²) in [6, 6.07) is 3.75. The second-order valence-corrected chi connectivity index (χ2v) is 6.53. The van der Waals surface area contributed by atoms with Crippen molar-refractivity contribution in [2.24, 2.45) is 11.8 Å². The van der Waals surface area contributed by atoms with Crippen LogP contribution in [0.4, 0.5) is 8.78 Å². The highest BCUT2D eigenvalue weighted by Crippen LogP contribution is 2.32. The summed E-state index contributed by atoms with van der Waals surface area (Å²) in [5.74, 6) is 5.64. The lowest BCUT2D eigenvalue weighted by atomic mass is 9.79. The average molecular weight is 316 g/mol. The smallest absolute Gasteiger partial charge is 0.160 e. The van der Waals surface area contributed by atoms with Gasteiger partial charge in [-0.2, -0.15) is 0 Å². The van der Waals surface area contributed by atoms with Gasteiger partial charge in [-0.15, -0.1) is 0 Å². The topological polar surface area (TPSA) is 0 Å². The highest BCUT2D eigenvalue weighted by molar-refractivity contribution is 5.37. The molecule has 0 unspecified atom stereocenters. The maximum Gasteiger partial charge on any atom is 0.160 e. The zero-order chi connectivity index (χ0) is 16.5. The zero-order valence-corrected chi connectivity index (χ0v) is 14.0. The third kappa shape index (κ3) is 6.18. The van der Waals surface area contributed by atoms with E-state index >= 15 is 0 Å². The van der Waals surface area contributed by atoms with Crippen LogP contribution in [0, 0.1) is 35.3 Å². The molecular formula is C21H26F2. The van der Waals surface area contributed by atoms with Crippen molar-refractivity contribution in [1.29, 1.82) is 0 Å². The van der Waals surface area contributed by atoms with E-state index in [-0.39, 0.29) is 0 Å². The fourth-order valence-electron chi connectivity index (χ4n) is 3.24. The zero-order valence-electron chi connectivity index (χ0n) is 14.0. The molecule has 2 heteroatoms. The van der Waals surface area contributed by atoms with Crippen LogP contribution in [0.3, 0.4) is 0 Å². The third-order valence-corrected chi connectivity index (χ3v) is 4.70. The molecule has 1 aliphatic carbocycles. The van der Waals surface area contributed by atoms with Gasteiger partial charge in [-0.1, -0.05) is 50.5 Å². The summed E-state index contributed by atoms with van der Waals surface area (Å²) < 4.78 is 25.9. The Morgan fingerprint density at radius 3 is 2.57 bits per heavy atom. The number of hydrogen-bond donors (Lipinski definition) is 0. The molecule has 1 aromatic rings. The number of allylic oxidation sites excluding steroid dienone is 2. The predicted molar refractivity (Wildman–Crippen MR) is 92.0 cm³/mol. The molecule has 0 radical (unpaired) electrons. The van der Waals surface area contributed by atoms with Crippen molar-refractivity contribution >= 4 is 0 Å². The summed E-state index contributed by atoms with van der Waals surface area (Å²) in [6.45, 7) is 2.25. The van der Waals surface area contributed by atoms with E-state index in [1.54, 1.807) is 0 Å². The maximum absolute atomic E-state index is 13.1. The Kier molecular flexibility index (Phi) is 7.33. The first-order chi connectivity index (χ1) is 11.2. The number of benzene rings is 1. The normalized spacial score (nSPS) is 21.2. The Labute approximate surface area is 139 Å². The number of rotatable bonds is 5. The highest BCUT2D eigenvalue weighted by Gasteiger charge is 2.18. The molecule has 0 saturated heterocycles. The minimum atomic E-state index is -0.845. The molecule has 0 aliphatic heterocycles. The predicted octanol–water partition coefficient (Wildman–Crippen LogP) is 6.26. The van der Waals surface area contributed by atoms with Crippen LogP contribution < -0.4 is 0 Å². The van der Waals surface area contributed by atoms with Gasteiger partial charge in [-0.05, 0) is 61.8 Å². The molecule has 0 nitrogen and oxygen atoms in total. The molecule has 0 bridgehead atoms. The van der Waals surface area contributed by atoms with Gasteiger partial charge in [0.2, 0.25) is 0 Å². The SMILES string of the molecule is CCCCCC1CCC(C=CC#Cc2ccc(F)c(F)c2)CC1. The van der Waals surface area contributed by atoms with Gasteiger partial charge < -0.3 is 0 Å². The second kappa shape index (κ2) is 9.50. The fourth-order valence-corrected chi connectivity index (χ4v) is 3.24. The van der Waals surface area contributed by atoms with E-state index in [4.69, 9.17) is 0 Å². The lowest BCUT2D eigenvalue weighted by molar-refractivity contribution is 0.289. The van der Waals surface area contributed by atoms with E-state index < -0.39 is 11.6 Å². The lowest BCUT2D eigenvalue weighted by Crippen LogP contribution is -2.12. The van der Waals surface area contributed by atoms with Crippen molar-refractivity contribution in [3.05, 3.63) is 47.5 Å². The largest absolute Gasteiger partial charge is 0.204 e. The first-order valence-electron chi connectivity index (χ1n) is 8.82. The van der Waals surface area contributed by atoms with Gasteiger partial charge in [0.05, 0.1) is 0 Å². The van der Waals surface area contributed by atoms with Crippen LogP contribution in [0.25, 0.3) is 0 Å². The van der Waals surface area contributed by atoms with Crippen LogP contribution in [0.5, 0.6) is 0 Å². The Bertz CT molecular complexity index is 569. The summed E-state index contributed by atoms with van der Waals surface area (Å²) in [5.41, 5.74) is 0.508. The molecule has 1 aliphatic rings. The lowest BCUT2D eigenvalue weighted by Gasteiger charge is -2.26. The van der Waals surface area contributed by atoms with E-state index in [9.17, 15) is 8.78 Å². The molecule has 0 heterocycles. The Morgan fingerprint density at radius 1 is 1.09 bits per heavy atom. The molecule has 1 aromatic carbocycles. The highest BCUT2D eigenvalue weighted by atomic mass is 19.2. The van der Waals surface area contributed by atoms with Crippen LogP contribution >= 0.6 is 0 Å². The standard InChI is InChI=1S/C21H26F2/c1-2-3-4-7-17-10-12-18(13-11-17)8-5-6-9-19-14-15-20(22)21(23)16-19/h5,8,14-18H,2-4,7,10-13H2,1H3. The maximum atomic E-state index is 13.1. The summed E-state index contributed by atoms with van der Waals surface area (Å²) in [7, 11) is 0. The molecule has 0 spiro atoms. The van der Waals surface area contributed by atoms with Crippen molar-refractivity contribution < 1.29 is 8.78 Å². The first kappa shape index (κ1) is 17.7. The van der Waals surface area contributed by atoms with Gasteiger partial charge >= 0.3 is 0 Å². The van der Waals surface area contributed by atoms with Crippen molar-refractivity contribution in [3.8, 4) is 11.8 Å². The Morgan fingerprint density at radius 2 is 1.87 bits per heavy atom. The van der Waals surface area contributed by atoms with E-state index in [1.165, 1.54) is 57.4 Å². The molecule has 124 valence electrons. The molecule has 1 saturated carbocycles. The van der Waals surface area contributed by atoms with Crippen LogP contribution in [0.2, 0.25) is 0 Å². The van der Waals surface area contributed by atoms with Gasteiger partial charge in [0, 0.05) is 5.56 Å². The summed E-state index contributed by atoms with van der Waals surface area (Å²) in [4.78, 5) is 0. The molecule has 0 N–H and O–H groups in total. The van der Waals surface area contributed by atoms with Gasteiger partial charge in [-0.25, -0.2) is 8.78 Å². The molecular weight excluding hydrogens is 290 g/mol. The van der Waals surface area contributed by atoms with Crippen molar-refractivity contribution in [1.82, 2.24) is 0 Å².